The summed E-state index contributed by atoms with van der Waals surface area (Å²) in [6, 6.07) is 9.95. The van der Waals surface area contributed by atoms with E-state index < -0.39 is 0 Å². The highest BCUT2D eigenvalue weighted by Gasteiger charge is 1.99. The van der Waals surface area contributed by atoms with Crippen LogP contribution in [-0.2, 0) is 13.1 Å². The molecule has 90 valence electrons. The molecule has 17 heavy (non-hydrogen) atoms. The molecular formula is C12H13BrN2OS. The lowest BCUT2D eigenvalue weighted by Crippen LogP contribution is -2.12. The third kappa shape index (κ3) is 3.80. The zero-order valence-electron chi connectivity index (χ0n) is 9.44. The Kier molecular flexibility index (Phi) is 4.53. The SMILES string of the molecule is COc1cccc(CNCc2ccc(Br)s2)n1. The van der Waals surface area contributed by atoms with Crippen molar-refractivity contribution in [2.24, 2.45) is 0 Å². The first-order valence-electron chi connectivity index (χ1n) is 5.23. The second kappa shape index (κ2) is 6.14. The molecule has 2 heterocycles. The van der Waals surface area contributed by atoms with Crippen LogP contribution >= 0.6 is 27.3 Å². The van der Waals surface area contributed by atoms with Gasteiger partial charge in [0.1, 0.15) is 0 Å². The smallest absolute Gasteiger partial charge is 0.213 e. The van der Waals surface area contributed by atoms with Crippen LogP contribution in [-0.4, -0.2) is 12.1 Å². The van der Waals surface area contributed by atoms with Crippen LogP contribution in [0.5, 0.6) is 5.88 Å². The van der Waals surface area contributed by atoms with Gasteiger partial charge in [-0.2, -0.15) is 0 Å². The van der Waals surface area contributed by atoms with Crippen LogP contribution in [0.2, 0.25) is 0 Å². The van der Waals surface area contributed by atoms with Gasteiger partial charge in [-0.3, -0.25) is 0 Å². The van der Waals surface area contributed by atoms with Gasteiger partial charge in [0.25, 0.3) is 0 Å². The molecule has 0 unspecified atom stereocenters. The molecule has 2 rings (SSSR count). The van der Waals surface area contributed by atoms with E-state index in [1.54, 1.807) is 18.4 Å². The number of thiophene rings is 1. The van der Waals surface area contributed by atoms with Crippen LogP contribution in [0.15, 0.2) is 34.1 Å². The van der Waals surface area contributed by atoms with Gasteiger partial charge in [-0.25, -0.2) is 4.98 Å². The van der Waals surface area contributed by atoms with E-state index in [0.29, 0.717) is 5.88 Å². The maximum atomic E-state index is 5.08. The molecule has 0 saturated carbocycles. The second-order valence-electron chi connectivity index (χ2n) is 3.48. The van der Waals surface area contributed by atoms with E-state index in [1.807, 2.05) is 18.2 Å². The number of nitrogens with zero attached hydrogens (tertiary/aromatic N) is 1. The van der Waals surface area contributed by atoms with E-state index in [0.717, 1.165) is 22.6 Å². The van der Waals surface area contributed by atoms with Crippen molar-refractivity contribution in [2.45, 2.75) is 13.1 Å². The Bertz CT molecular complexity index is 487. The van der Waals surface area contributed by atoms with Crippen molar-refractivity contribution in [3.05, 3.63) is 44.7 Å². The summed E-state index contributed by atoms with van der Waals surface area (Å²) < 4.78 is 6.24. The summed E-state index contributed by atoms with van der Waals surface area (Å²) in [6.07, 6.45) is 0. The zero-order valence-corrected chi connectivity index (χ0v) is 11.8. The van der Waals surface area contributed by atoms with E-state index >= 15 is 0 Å². The number of nitrogens with one attached hydrogen (secondary N) is 1. The third-order valence-electron chi connectivity index (χ3n) is 2.22. The Morgan fingerprint density at radius 2 is 2.18 bits per heavy atom. The van der Waals surface area contributed by atoms with Crippen molar-refractivity contribution in [3.63, 3.8) is 0 Å². The number of rotatable bonds is 5. The lowest BCUT2D eigenvalue weighted by molar-refractivity contribution is 0.395. The van der Waals surface area contributed by atoms with Crippen LogP contribution in [0.25, 0.3) is 0 Å². The van der Waals surface area contributed by atoms with Gasteiger partial charge in [-0.05, 0) is 34.1 Å². The second-order valence-corrected chi connectivity index (χ2v) is 6.03. The molecule has 0 spiro atoms. The lowest BCUT2D eigenvalue weighted by atomic mass is 10.3. The molecule has 0 aliphatic carbocycles. The van der Waals surface area contributed by atoms with Gasteiger partial charge < -0.3 is 10.1 Å². The quantitative estimate of drug-likeness (QED) is 0.920. The minimum Gasteiger partial charge on any atom is -0.481 e. The average molecular weight is 313 g/mol. The minimum absolute atomic E-state index is 0.656. The van der Waals surface area contributed by atoms with Gasteiger partial charge in [0.2, 0.25) is 5.88 Å². The largest absolute Gasteiger partial charge is 0.481 e. The summed E-state index contributed by atoms with van der Waals surface area (Å²) in [6.45, 7) is 1.60. The van der Waals surface area contributed by atoms with Crippen molar-refractivity contribution >= 4 is 27.3 Å². The number of methoxy groups -OCH3 is 1. The summed E-state index contributed by atoms with van der Waals surface area (Å²) in [5, 5.41) is 3.35. The first-order valence-corrected chi connectivity index (χ1v) is 6.84. The van der Waals surface area contributed by atoms with Crippen molar-refractivity contribution in [1.82, 2.24) is 10.3 Å². The minimum atomic E-state index is 0.656. The summed E-state index contributed by atoms with van der Waals surface area (Å²) in [5.74, 6) is 0.656. The topological polar surface area (TPSA) is 34.1 Å². The molecule has 0 amide bonds. The first kappa shape index (κ1) is 12.5. The van der Waals surface area contributed by atoms with E-state index in [2.05, 4.69) is 38.4 Å². The highest BCUT2D eigenvalue weighted by Crippen LogP contribution is 2.21. The Morgan fingerprint density at radius 3 is 2.88 bits per heavy atom. The Hall–Kier alpha value is -0.910. The third-order valence-corrected chi connectivity index (χ3v) is 3.85. The van der Waals surface area contributed by atoms with Gasteiger partial charge in [-0.15, -0.1) is 11.3 Å². The van der Waals surface area contributed by atoms with Gasteiger partial charge in [0.15, 0.2) is 0 Å². The van der Waals surface area contributed by atoms with E-state index in [-0.39, 0.29) is 0 Å². The summed E-state index contributed by atoms with van der Waals surface area (Å²) in [5.41, 5.74) is 0.986. The Balaban J connectivity index is 1.85. The fourth-order valence-corrected chi connectivity index (χ4v) is 2.88. The van der Waals surface area contributed by atoms with Crippen molar-refractivity contribution in [3.8, 4) is 5.88 Å². The molecule has 0 bridgehead atoms. The maximum Gasteiger partial charge on any atom is 0.213 e. The number of pyridine rings is 1. The number of ether oxygens (including phenoxy) is 1. The first-order chi connectivity index (χ1) is 8.28. The molecule has 3 nitrogen and oxygen atoms in total. The van der Waals surface area contributed by atoms with E-state index in [1.165, 1.54) is 4.88 Å². The lowest BCUT2D eigenvalue weighted by Gasteiger charge is -2.04. The Labute approximate surface area is 113 Å². The fourth-order valence-electron chi connectivity index (χ4n) is 1.43. The molecule has 5 heteroatoms. The monoisotopic (exact) mass is 312 g/mol. The van der Waals surface area contributed by atoms with Gasteiger partial charge in [-0.1, -0.05) is 6.07 Å². The number of hydrogen-bond donors (Lipinski definition) is 1. The summed E-state index contributed by atoms with van der Waals surface area (Å²) in [4.78, 5) is 5.64. The van der Waals surface area contributed by atoms with Gasteiger partial charge in [0, 0.05) is 24.0 Å². The van der Waals surface area contributed by atoms with Crippen LogP contribution in [0, 0.1) is 0 Å². The fraction of sp³-hybridized carbons (Fsp3) is 0.250. The normalized spacial score (nSPS) is 10.5. The molecule has 0 radical (unpaired) electrons. The van der Waals surface area contributed by atoms with Crippen LogP contribution < -0.4 is 10.1 Å². The number of halogens is 1. The number of aromatic nitrogens is 1. The number of hydrogen-bond acceptors (Lipinski definition) is 4. The van der Waals surface area contributed by atoms with Crippen LogP contribution in [0.3, 0.4) is 0 Å². The maximum absolute atomic E-state index is 5.08. The molecule has 0 aromatic carbocycles. The van der Waals surface area contributed by atoms with Crippen LogP contribution in [0.1, 0.15) is 10.6 Å². The van der Waals surface area contributed by atoms with Crippen molar-refractivity contribution in [2.75, 3.05) is 7.11 Å². The summed E-state index contributed by atoms with van der Waals surface area (Å²) >= 11 is 5.19. The predicted octanol–water partition coefficient (Wildman–Crippen LogP) is 3.20. The molecule has 1 N–H and O–H groups in total. The zero-order chi connectivity index (χ0) is 12.1. The molecule has 2 aromatic heterocycles. The molecular weight excluding hydrogens is 300 g/mol. The van der Waals surface area contributed by atoms with Crippen molar-refractivity contribution < 1.29 is 4.74 Å². The van der Waals surface area contributed by atoms with E-state index in [4.69, 9.17) is 4.74 Å². The summed E-state index contributed by atoms with van der Waals surface area (Å²) in [7, 11) is 1.63. The standard InChI is InChI=1S/C12H13BrN2OS/c1-16-12-4-2-3-9(15-12)7-14-8-10-5-6-11(13)17-10/h2-6,14H,7-8H2,1H3. The van der Waals surface area contributed by atoms with Crippen LogP contribution in [0.4, 0.5) is 0 Å². The van der Waals surface area contributed by atoms with E-state index in [9.17, 15) is 0 Å². The van der Waals surface area contributed by atoms with Gasteiger partial charge >= 0.3 is 0 Å². The molecule has 0 aliphatic rings. The highest BCUT2D eigenvalue weighted by atomic mass is 79.9. The molecule has 0 saturated heterocycles. The Morgan fingerprint density at radius 1 is 1.29 bits per heavy atom. The molecule has 0 atom stereocenters. The highest BCUT2D eigenvalue weighted by molar-refractivity contribution is 9.11. The van der Waals surface area contributed by atoms with Crippen molar-refractivity contribution in [1.29, 1.82) is 0 Å². The average Bonchev–Trinajstić information content (AvgIpc) is 2.75. The predicted molar refractivity (Wildman–Crippen MR) is 73.4 cm³/mol. The molecule has 0 aliphatic heterocycles. The van der Waals surface area contributed by atoms with Gasteiger partial charge in [0.05, 0.1) is 16.6 Å². The molecule has 0 fully saturated rings. The molecule has 2 aromatic rings.